The molecule has 0 aromatic heterocycles. The highest BCUT2D eigenvalue weighted by molar-refractivity contribution is 5.94. The fourth-order valence-electron chi connectivity index (χ4n) is 8.30. The molecule has 13 nitrogen and oxygen atoms in total. The number of hydrogen-bond acceptors (Lipinski definition) is 11. The van der Waals surface area contributed by atoms with Gasteiger partial charge in [0.1, 0.15) is 31.1 Å². The lowest BCUT2D eigenvalue weighted by Gasteiger charge is -2.23. The van der Waals surface area contributed by atoms with Gasteiger partial charge in [-0.25, -0.2) is 4.79 Å². The minimum absolute atomic E-state index is 0.0245. The molecule has 4 aromatic rings. The van der Waals surface area contributed by atoms with E-state index in [1.165, 1.54) is 63.4 Å². The largest absolute Gasteiger partial charge is 0.461 e. The van der Waals surface area contributed by atoms with Crippen molar-refractivity contribution in [2.45, 2.75) is 173 Å². The number of nitrogens with one attached hydrogen (secondary N) is 2. The van der Waals surface area contributed by atoms with Crippen LogP contribution >= 0.6 is 0 Å². The zero-order chi connectivity index (χ0) is 52.3. The van der Waals surface area contributed by atoms with Crippen molar-refractivity contribution in [1.29, 1.82) is 0 Å². The van der Waals surface area contributed by atoms with Crippen molar-refractivity contribution in [3.05, 3.63) is 144 Å². The smallest absolute Gasteiger partial charge is 0.373 e. The Hall–Kier alpha value is -6.81. The van der Waals surface area contributed by atoms with Crippen molar-refractivity contribution >= 4 is 41.8 Å². The molecule has 4 rings (SSSR count). The minimum Gasteiger partial charge on any atom is -0.461 e. The predicted octanol–water partition coefficient (Wildman–Crippen LogP) is 10.8. The third-order valence-corrected chi connectivity index (χ3v) is 12.1. The molecule has 388 valence electrons. The number of aryl methyl sites for hydroxylation is 1. The second-order valence-corrected chi connectivity index (χ2v) is 18.0. The number of unbranched alkanes of at least 4 members (excludes halogenated alkanes) is 12. The van der Waals surface area contributed by atoms with Crippen molar-refractivity contribution in [3.8, 4) is 0 Å². The van der Waals surface area contributed by atoms with E-state index in [0.717, 1.165) is 55.2 Å². The van der Waals surface area contributed by atoms with Crippen LogP contribution in [0.2, 0.25) is 0 Å². The van der Waals surface area contributed by atoms with Crippen LogP contribution in [0.1, 0.15) is 158 Å². The van der Waals surface area contributed by atoms with Gasteiger partial charge in [-0.3, -0.25) is 19.2 Å². The van der Waals surface area contributed by atoms with Gasteiger partial charge in [-0.1, -0.05) is 205 Å². The van der Waals surface area contributed by atoms with E-state index in [9.17, 15) is 24.0 Å². The fraction of sp³-hybridized carbons (Fsp3) is 0.475. The Morgan fingerprint density at radius 1 is 0.472 bits per heavy atom. The molecule has 0 spiro atoms. The van der Waals surface area contributed by atoms with Crippen LogP contribution in [-0.2, 0) is 78.7 Å². The number of hydrogen-bond donors (Lipinski definition) is 2. The molecular formula is C59H76N2O11. The molecule has 13 heteroatoms. The standard InChI is InChI=1S/C57H76N2O7.2CO2/c1-2-3-4-5-6-7-8-9-10-11-12-13-26-38-54(61)58-53(43-51(60)42-50(41-47-30-20-15-21-31-47)37-27-36-46-28-18-14-19-29-46)56(63)59-52(57(64)66-45-49-34-24-17-25-35-49)39-40-55(62)65-44-48-32-22-16-23-33-48;2*2-1-3/h14-25,28-35,50,52-53H,2-13,26-27,36-45H2,1H3,(H,58,61)(H,59,63);;. The molecule has 0 aliphatic heterocycles. The number of Topliss-reactive ketones (excluding diaryl/α,β-unsaturated/α-hetero) is 1. The number of amides is 2. The summed E-state index contributed by atoms with van der Waals surface area (Å²) in [6.45, 7) is 2.28. The van der Waals surface area contributed by atoms with Gasteiger partial charge in [0.15, 0.2) is 0 Å². The summed E-state index contributed by atoms with van der Waals surface area (Å²) in [6, 6.07) is 36.4. The SMILES string of the molecule is CCCCCCCCCCCCCCCC(=O)NC(CC(=O)CC(CCCc1ccccc1)Cc1ccccc1)C(=O)NC(CCC(=O)OCc1ccccc1)C(=O)OCc1ccccc1.O=C=O.O=C=O. The fourth-order valence-corrected chi connectivity index (χ4v) is 8.30. The molecule has 0 fully saturated rings. The molecule has 2 N–H and O–H groups in total. The molecule has 4 aromatic carbocycles. The highest BCUT2D eigenvalue weighted by atomic mass is 16.5. The topological polar surface area (TPSA) is 196 Å². The normalized spacial score (nSPS) is 11.6. The maximum absolute atomic E-state index is 14.3. The number of esters is 2. The first kappa shape index (κ1) is 61.3. The van der Waals surface area contributed by atoms with Crippen molar-refractivity contribution in [2.75, 3.05) is 0 Å². The van der Waals surface area contributed by atoms with Gasteiger partial charge in [0, 0.05) is 25.7 Å². The highest BCUT2D eigenvalue weighted by Gasteiger charge is 2.30. The lowest BCUT2D eigenvalue weighted by atomic mass is 9.87. The second-order valence-electron chi connectivity index (χ2n) is 18.0. The summed E-state index contributed by atoms with van der Waals surface area (Å²) in [5, 5.41) is 5.64. The van der Waals surface area contributed by atoms with Gasteiger partial charge < -0.3 is 20.1 Å². The Bertz CT molecular complexity index is 2130. The molecule has 0 saturated carbocycles. The monoisotopic (exact) mass is 989 g/mol. The van der Waals surface area contributed by atoms with Crippen molar-refractivity contribution in [1.82, 2.24) is 10.6 Å². The summed E-state index contributed by atoms with van der Waals surface area (Å²) in [4.78, 5) is 101. The minimum atomic E-state index is -1.23. The molecular weight excluding hydrogens is 913 g/mol. The Morgan fingerprint density at radius 2 is 0.917 bits per heavy atom. The Morgan fingerprint density at radius 3 is 1.42 bits per heavy atom. The molecule has 0 aliphatic carbocycles. The number of benzene rings is 4. The summed E-state index contributed by atoms with van der Waals surface area (Å²) < 4.78 is 11.1. The van der Waals surface area contributed by atoms with Crippen LogP contribution in [0.15, 0.2) is 121 Å². The van der Waals surface area contributed by atoms with E-state index >= 15 is 0 Å². The van der Waals surface area contributed by atoms with E-state index in [1.807, 2.05) is 97.1 Å². The van der Waals surface area contributed by atoms with Gasteiger partial charge in [0.05, 0.1) is 0 Å². The van der Waals surface area contributed by atoms with Gasteiger partial charge in [-0.05, 0) is 66.7 Å². The highest BCUT2D eigenvalue weighted by Crippen LogP contribution is 2.22. The van der Waals surface area contributed by atoms with E-state index in [0.29, 0.717) is 12.8 Å². The van der Waals surface area contributed by atoms with Gasteiger partial charge in [-0.2, -0.15) is 19.2 Å². The Labute approximate surface area is 426 Å². The lowest BCUT2D eigenvalue weighted by Crippen LogP contribution is -2.52. The van der Waals surface area contributed by atoms with E-state index in [-0.39, 0.29) is 75.2 Å². The summed E-state index contributed by atoms with van der Waals surface area (Å²) in [5.41, 5.74) is 3.96. The zero-order valence-electron chi connectivity index (χ0n) is 42.2. The first-order chi connectivity index (χ1) is 35.1. The van der Waals surface area contributed by atoms with Crippen molar-refractivity contribution < 1.29 is 52.6 Å². The molecule has 0 saturated heterocycles. The molecule has 0 radical (unpaired) electrons. The Kier molecular flexibility index (Phi) is 34.8. The van der Waals surface area contributed by atoms with Crippen molar-refractivity contribution in [3.63, 3.8) is 0 Å². The number of carbonyl (C=O) groups is 5. The number of ketones is 1. The average Bonchev–Trinajstić information content (AvgIpc) is 3.39. The molecule has 0 bridgehead atoms. The van der Waals surface area contributed by atoms with Crippen LogP contribution in [-0.4, -0.2) is 53.9 Å². The third kappa shape index (κ3) is 30.7. The summed E-state index contributed by atoms with van der Waals surface area (Å²) >= 11 is 0. The lowest BCUT2D eigenvalue weighted by molar-refractivity contribution is -0.193. The summed E-state index contributed by atoms with van der Waals surface area (Å²) in [5.74, 6) is -2.38. The van der Waals surface area contributed by atoms with Crippen LogP contribution in [0.25, 0.3) is 0 Å². The molecule has 2 amide bonds. The molecule has 0 aliphatic rings. The molecule has 3 unspecified atom stereocenters. The van der Waals surface area contributed by atoms with E-state index in [4.69, 9.17) is 28.7 Å². The van der Waals surface area contributed by atoms with Gasteiger partial charge in [-0.15, -0.1) is 0 Å². The summed E-state index contributed by atoms with van der Waals surface area (Å²) in [7, 11) is 0. The second kappa shape index (κ2) is 40.9. The zero-order valence-corrected chi connectivity index (χ0v) is 42.2. The van der Waals surface area contributed by atoms with Crippen LogP contribution in [0.3, 0.4) is 0 Å². The maximum atomic E-state index is 14.3. The van der Waals surface area contributed by atoms with E-state index in [2.05, 4.69) is 41.8 Å². The van der Waals surface area contributed by atoms with E-state index < -0.39 is 29.9 Å². The first-order valence-corrected chi connectivity index (χ1v) is 25.7. The predicted molar refractivity (Wildman–Crippen MR) is 273 cm³/mol. The Balaban J connectivity index is 0.00000281. The van der Waals surface area contributed by atoms with Crippen LogP contribution in [0.5, 0.6) is 0 Å². The van der Waals surface area contributed by atoms with Crippen LogP contribution in [0.4, 0.5) is 0 Å². The molecule has 72 heavy (non-hydrogen) atoms. The average molecular weight is 989 g/mol. The molecule has 3 atom stereocenters. The number of carbonyl (C=O) groups excluding carboxylic acids is 9. The van der Waals surface area contributed by atoms with Gasteiger partial charge >= 0.3 is 24.2 Å². The third-order valence-electron chi connectivity index (χ3n) is 12.1. The maximum Gasteiger partial charge on any atom is 0.373 e. The number of rotatable bonds is 35. The van der Waals surface area contributed by atoms with Crippen LogP contribution in [0, 0.1) is 5.92 Å². The van der Waals surface area contributed by atoms with Crippen LogP contribution < -0.4 is 10.6 Å². The number of ether oxygens (including phenoxy) is 2. The first-order valence-electron chi connectivity index (χ1n) is 25.7. The van der Waals surface area contributed by atoms with E-state index in [1.54, 1.807) is 0 Å². The van der Waals surface area contributed by atoms with Crippen molar-refractivity contribution in [2.24, 2.45) is 5.92 Å². The quantitative estimate of drug-likeness (QED) is 0.0329. The summed E-state index contributed by atoms with van der Waals surface area (Å²) in [6.07, 6.45) is 19.2. The molecule has 0 heterocycles. The van der Waals surface area contributed by atoms with Gasteiger partial charge in [0.2, 0.25) is 11.8 Å². The van der Waals surface area contributed by atoms with Gasteiger partial charge in [0.25, 0.3) is 0 Å².